The molecule has 6 heteroatoms. The third-order valence-corrected chi connectivity index (χ3v) is 4.26. The molecule has 0 saturated heterocycles. The van der Waals surface area contributed by atoms with Crippen molar-refractivity contribution < 1.29 is 14.3 Å². The number of amides is 2. The van der Waals surface area contributed by atoms with E-state index in [1.54, 1.807) is 12.1 Å². The summed E-state index contributed by atoms with van der Waals surface area (Å²) >= 11 is 6.07. The van der Waals surface area contributed by atoms with Crippen molar-refractivity contribution in [3.8, 4) is 11.5 Å². The Hall–Kier alpha value is -2.40. The van der Waals surface area contributed by atoms with Gasteiger partial charge in [0.05, 0.1) is 24.9 Å². The Balaban J connectivity index is 2.05. The number of methoxy groups -OCH3 is 2. The van der Waals surface area contributed by atoms with Crippen molar-refractivity contribution in [3.05, 3.63) is 53.1 Å². The van der Waals surface area contributed by atoms with Gasteiger partial charge in [-0.05, 0) is 5.56 Å². The summed E-state index contributed by atoms with van der Waals surface area (Å²) < 4.78 is 10.4. The van der Waals surface area contributed by atoms with Crippen LogP contribution in [0.4, 0.5) is 10.5 Å². The third-order valence-electron chi connectivity index (χ3n) is 3.97. The van der Waals surface area contributed by atoms with E-state index >= 15 is 0 Å². The number of nitrogens with one attached hydrogen (secondary N) is 2. The number of halogens is 1. The molecule has 0 spiro atoms. The summed E-state index contributed by atoms with van der Waals surface area (Å²) in [6.07, 6.45) is 0. The molecule has 0 aromatic heterocycles. The zero-order chi connectivity index (χ0) is 18.4. The van der Waals surface area contributed by atoms with Gasteiger partial charge in [-0.2, -0.15) is 0 Å². The van der Waals surface area contributed by atoms with Crippen LogP contribution in [0, 0.1) is 0 Å². The van der Waals surface area contributed by atoms with Crippen molar-refractivity contribution in [1.82, 2.24) is 5.32 Å². The maximum atomic E-state index is 12.3. The first kappa shape index (κ1) is 18.9. The van der Waals surface area contributed by atoms with Gasteiger partial charge in [0.25, 0.3) is 0 Å². The van der Waals surface area contributed by atoms with Gasteiger partial charge in [0.1, 0.15) is 11.5 Å². The molecule has 2 aromatic rings. The lowest BCUT2D eigenvalue weighted by Gasteiger charge is -2.25. The van der Waals surface area contributed by atoms with E-state index in [0.29, 0.717) is 28.8 Å². The Bertz CT molecular complexity index is 733. The zero-order valence-corrected chi connectivity index (χ0v) is 15.6. The van der Waals surface area contributed by atoms with Gasteiger partial charge in [0.15, 0.2) is 0 Å². The number of carbonyl (C=O) groups excluding carboxylic acids is 1. The van der Waals surface area contributed by atoms with E-state index in [0.717, 1.165) is 5.56 Å². The van der Waals surface area contributed by atoms with Gasteiger partial charge < -0.3 is 20.1 Å². The Labute approximate surface area is 153 Å². The highest BCUT2D eigenvalue weighted by molar-refractivity contribution is 6.32. The minimum atomic E-state index is -0.327. The SMILES string of the molecule is COc1cc(NC(=O)NCC(C)(C)c2ccccc2)c(OC)cc1Cl. The maximum Gasteiger partial charge on any atom is 0.319 e. The number of hydrogen-bond acceptors (Lipinski definition) is 3. The Kier molecular flexibility index (Phi) is 6.15. The van der Waals surface area contributed by atoms with Gasteiger partial charge >= 0.3 is 6.03 Å². The Morgan fingerprint density at radius 1 is 1.08 bits per heavy atom. The highest BCUT2D eigenvalue weighted by Crippen LogP contribution is 2.35. The summed E-state index contributed by atoms with van der Waals surface area (Å²) in [7, 11) is 3.03. The smallest absolute Gasteiger partial charge is 0.319 e. The molecule has 0 saturated carbocycles. The standard InChI is InChI=1S/C19H23ClN2O3/c1-19(2,13-8-6-5-7-9-13)12-21-18(23)22-15-11-16(24-3)14(20)10-17(15)25-4/h5-11H,12H2,1-4H3,(H2,21,22,23). The molecular weight excluding hydrogens is 340 g/mol. The molecule has 0 aliphatic rings. The van der Waals surface area contributed by atoms with E-state index in [-0.39, 0.29) is 11.4 Å². The van der Waals surface area contributed by atoms with Crippen LogP contribution in [0.25, 0.3) is 0 Å². The molecular formula is C19H23ClN2O3. The van der Waals surface area contributed by atoms with Crippen molar-refractivity contribution in [2.45, 2.75) is 19.3 Å². The summed E-state index contributed by atoms with van der Waals surface area (Å²) in [5, 5.41) is 6.08. The van der Waals surface area contributed by atoms with Crippen LogP contribution in [0.15, 0.2) is 42.5 Å². The van der Waals surface area contributed by atoms with Crippen molar-refractivity contribution in [2.75, 3.05) is 26.1 Å². The number of ether oxygens (including phenoxy) is 2. The van der Waals surface area contributed by atoms with Crippen molar-refractivity contribution in [1.29, 1.82) is 0 Å². The van der Waals surface area contributed by atoms with Crippen LogP contribution in [-0.4, -0.2) is 26.8 Å². The van der Waals surface area contributed by atoms with E-state index in [9.17, 15) is 4.79 Å². The fourth-order valence-electron chi connectivity index (χ4n) is 2.42. The fourth-order valence-corrected chi connectivity index (χ4v) is 2.65. The molecule has 0 heterocycles. The largest absolute Gasteiger partial charge is 0.495 e. The molecule has 0 atom stereocenters. The minimum absolute atomic E-state index is 0.194. The Morgan fingerprint density at radius 2 is 1.72 bits per heavy atom. The second kappa shape index (κ2) is 8.12. The van der Waals surface area contributed by atoms with Gasteiger partial charge in [-0.3, -0.25) is 0 Å². The predicted octanol–water partition coefficient (Wildman–Crippen LogP) is 4.46. The summed E-state index contributed by atoms with van der Waals surface area (Å²) in [6.45, 7) is 4.64. The zero-order valence-electron chi connectivity index (χ0n) is 14.9. The van der Waals surface area contributed by atoms with E-state index in [1.807, 2.05) is 30.3 Å². The predicted molar refractivity (Wildman–Crippen MR) is 101 cm³/mol. The molecule has 134 valence electrons. The molecule has 0 radical (unpaired) electrons. The molecule has 0 unspecified atom stereocenters. The van der Waals surface area contributed by atoms with Crippen LogP contribution in [0.1, 0.15) is 19.4 Å². The summed E-state index contributed by atoms with van der Waals surface area (Å²) in [6, 6.07) is 12.9. The fraction of sp³-hybridized carbons (Fsp3) is 0.316. The second-order valence-corrected chi connectivity index (χ2v) is 6.65. The molecule has 0 fully saturated rings. The molecule has 0 bridgehead atoms. The van der Waals surface area contributed by atoms with E-state index in [1.165, 1.54) is 14.2 Å². The minimum Gasteiger partial charge on any atom is -0.495 e. The molecule has 2 rings (SSSR count). The molecule has 2 N–H and O–H groups in total. The maximum absolute atomic E-state index is 12.3. The lowest BCUT2D eigenvalue weighted by atomic mass is 9.85. The summed E-state index contributed by atoms with van der Waals surface area (Å²) in [5.74, 6) is 0.922. The van der Waals surface area contributed by atoms with E-state index in [2.05, 4.69) is 24.5 Å². The third kappa shape index (κ3) is 4.79. The second-order valence-electron chi connectivity index (χ2n) is 6.24. The number of urea groups is 1. The van der Waals surface area contributed by atoms with Gasteiger partial charge in [-0.1, -0.05) is 55.8 Å². The van der Waals surface area contributed by atoms with Crippen LogP contribution in [0.2, 0.25) is 5.02 Å². The molecule has 25 heavy (non-hydrogen) atoms. The van der Waals surface area contributed by atoms with Crippen LogP contribution in [0.3, 0.4) is 0 Å². The highest BCUT2D eigenvalue weighted by Gasteiger charge is 2.21. The first-order valence-electron chi connectivity index (χ1n) is 7.89. The quantitative estimate of drug-likeness (QED) is 0.797. The number of carbonyl (C=O) groups is 1. The normalized spacial score (nSPS) is 10.9. The average molecular weight is 363 g/mol. The van der Waals surface area contributed by atoms with Crippen LogP contribution < -0.4 is 20.1 Å². The van der Waals surface area contributed by atoms with Gasteiger partial charge in [-0.25, -0.2) is 4.79 Å². The lowest BCUT2D eigenvalue weighted by molar-refractivity contribution is 0.249. The topological polar surface area (TPSA) is 59.6 Å². The van der Waals surface area contributed by atoms with Gasteiger partial charge in [-0.15, -0.1) is 0 Å². The van der Waals surface area contributed by atoms with Crippen molar-refractivity contribution >= 4 is 23.3 Å². The number of hydrogen-bond donors (Lipinski definition) is 2. The summed E-state index contributed by atoms with van der Waals surface area (Å²) in [5.41, 5.74) is 1.44. The molecule has 2 aromatic carbocycles. The Morgan fingerprint density at radius 3 is 2.32 bits per heavy atom. The van der Waals surface area contributed by atoms with Crippen LogP contribution in [-0.2, 0) is 5.41 Å². The van der Waals surface area contributed by atoms with Crippen molar-refractivity contribution in [3.63, 3.8) is 0 Å². The van der Waals surface area contributed by atoms with E-state index < -0.39 is 0 Å². The van der Waals surface area contributed by atoms with Crippen LogP contribution >= 0.6 is 11.6 Å². The first-order valence-corrected chi connectivity index (χ1v) is 8.27. The summed E-state index contributed by atoms with van der Waals surface area (Å²) in [4.78, 5) is 12.3. The first-order chi connectivity index (χ1) is 11.9. The lowest BCUT2D eigenvalue weighted by Crippen LogP contribution is -2.39. The highest BCUT2D eigenvalue weighted by atomic mass is 35.5. The van der Waals surface area contributed by atoms with Gasteiger partial charge in [0, 0.05) is 24.1 Å². The van der Waals surface area contributed by atoms with Crippen molar-refractivity contribution in [2.24, 2.45) is 0 Å². The average Bonchev–Trinajstić information content (AvgIpc) is 2.62. The molecule has 0 aliphatic heterocycles. The van der Waals surface area contributed by atoms with Gasteiger partial charge in [0.2, 0.25) is 0 Å². The molecule has 2 amide bonds. The number of rotatable bonds is 6. The molecule has 5 nitrogen and oxygen atoms in total. The number of anilines is 1. The van der Waals surface area contributed by atoms with E-state index in [4.69, 9.17) is 21.1 Å². The number of benzene rings is 2. The molecule has 0 aliphatic carbocycles. The van der Waals surface area contributed by atoms with Crippen LogP contribution in [0.5, 0.6) is 11.5 Å². The monoisotopic (exact) mass is 362 g/mol.